The van der Waals surface area contributed by atoms with E-state index in [4.69, 9.17) is 4.74 Å². The molecule has 0 aliphatic rings. The smallest absolute Gasteiger partial charge is 0.0630 e. The first kappa shape index (κ1) is 13.9. The van der Waals surface area contributed by atoms with Crippen molar-refractivity contribution in [3.05, 3.63) is 0 Å². The lowest BCUT2D eigenvalue weighted by molar-refractivity contribution is 0.105. The van der Waals surface area contributed by atoms with Crippen molar-refractivity contribution >= 4 is 0 Å². The van der Waals surface area contributed by atoms with Gasteiger partial charge in [-0.2, -0.15) is 0 Å². The number of hydrogen-bond donors (Lipinski definition) is 1. The molecule has 0 amide bonds. The van der Waals surface area contributed by atoms with Crippen LogP contribution in [0.5, 0.6) is 0 Å². The van der Waals surface area contributed by atoms with E-state index >= 15 is 0 Å². The average molecular weight is 202 g/mol. The summed E-state index contributed by atoms with van der Waals surface area (Å²) >= 11 is 0. The number of nitrogens with zero attached hydrogens (tertiary/aromatic N) is 1. The summed E-state index contributed by atoms with van der Waals surface area (Å²) in [6.45, 7) is 8.38. The van der Waals surface area contributed by atoms with Crippen LogP contribution in [0.25, 0.3) is 0 Å². The molecule has 0 aliphatic heterocycles. The van der Waals surface area contributed by atoms with Gasteiger partial charge in [0.15, 0.2) is 0 Å². The molecule has 1 atom stereocenters. The molecule has 0 heterocycles. The summed E-state index contributed by atoms with van der Waals surface area (Å²) in [6, 6.07) is 0.506. The Hall–Kier alpha value is -0.120. The van der Waals surface area contributed by atoms with E-state index in [0.29, 0.717) is 6.04 Å². The van der Waals surface area contributed by atoms with Crippen LogP contribution in [-0.4, -0.2) is 51.3 Å². The molecule has 0 radical (unpaired) electrons. The lowest BCUT2D eigenvalue weighted by atomic mass is 10.2. The second-order valence-corrected chi connectivity index (χ2v) is 3.75. The number of unbranched alkanes of at least 4 members (excludes halogenated alkanes) is 1. The summed E-state index contributed by atoms with van der Waals surface area (Å²) < 4.78 is 5.22. The van der Waals surface area contributed by atoms with Crippen LogP contribution >= 0.6 is 0 Å². The van der Waals surface area contributed by atoms with Gasteiger partial charge in [0.25, 0.3) is 0 Å². The van der Waals surface area contributed by atoms with Crippen molar-refractivity contribution in [2.24, 2.45) is 0 Å². The molecular formula is C11H26N2O. The Morgan fingerprint density at radius 1 is 1.36 bits per heavy atom. The first-order chi connectivity index (χ1) is 6.76. The van der Waals surface area contributed by atoms with Crippen LogP contribution in [0.4, 0.5) is 0 Å². The van der Waals surface area contributed by atoms with E-state index in [2.05, 4.69) is 31.1 Å². The molecule has 0 bridgehead atoms. The SMILES string of the molecule is CCCCN(C)C(CNCC)COC. The van der Waals surface area contributed by atoms with Gasteiger partial charge in [0.2, 0.25) is 0 Å². The topological polar surface area (TPSA) is 24.5 Å². The van der Waals surface area contributed by atoms with Crippen molar-refractivity contribution in [3.8, 4) is 0 Å². The van der Waals surface area contributed by atoms with Crippen LogP contribution in [0.2, 0.25) is 0 Å². The van der Waals surface area contributed by atoms with Crippen molar-refractivity contribution in [3.63, 3.8) is 0 Å². The standard InChI is InChI=1S/C11H26N2O/c1-5-7-8-13(3)11(10-14-4)9-12-6-2/h11-12H,5-10H2,1-4H3. The Kier molecular flexibility index (Phi) is 9.35. The third-order valence-electron chi connectivity index (χ3n) is 2.48. The predicted octanol–water partition coefficient (Wildman–Crippen LogP) is 1.34. The highest BCUT2D eigenvalue weighted by Crippen LogP contribution is 1.99. The van der Waals surface area contributed by atoms with Gasteiger partial charge in [-0.3, -0.25) is 4.90 Å². The molecular weight excluding hydrogens is 176 g/mol. The Morgan fingerprint density at radius 2 is 2.07 bits per heavy atom. The van der Waals surface area contributed by atoms with Crippen LogP contribution in [0.1, 0.15) is 26.7 Å². The van der Waals surface area contributed by atoms with E-state index < -0.39 is 0 Å². The third kappa shape index (κ3) is 6.35. The maximum atomic E-state index is 5.22. The molecule has 0 fully saturated rings. The minimum Gasteiger partial charge on any atom is -0.383 e. The zero-order valence-corrected chi connectivity index (χ0v) is 10.2. The van der Waals surface area contributed by atoms with Crippen LogP contribution in [0.3, 0.4) is 0 Å². The van der Waals surface area contributed by atoms with Crippen molar-refractivity contribution in [2.45, 2.75) is 32.7 Å². The van der Waals surface area contributed by atoms with Crippen LogP contribution in [0, 0.1) is 0 Å². The second kappa shape index (κ2) is 9.44. The quantitative estimate of drug-likeness (QED) is 0.611. The van der Waals surface area contributed by atoms with E-state index in [1.54, 1.807) is 7.11 Å². The molecule has 0 aromatic heterocycles. The largest absolute Gasteiger partial charge is 0.383 e. The number of hydrogen-bond acceptors (Lipinski definition) is 3. The van der Waals surface area contributed by atoms with E-state index in [0.717, 1.165) is 26.2 Å². The van der Waals surface area contributed by atoms with Crippen molar-refractivity contribution in [2.75, 3.05) is 40.4 Å². The van der Waals surface area contributed by atoms with Crippen LogP contribution in [-0.2, 0) is 4.74 Å². The third-order valence-corrected chi connectivity index (χ3v) is 2.48. The predicted molar refractivity (Wildman–Crippen MR) is 61.7 cm³/mol. The highest BCUT2D eigenvalue weighted by molar-refractivity contribution is 4.70. The number of methoxy groups -OCH3 is 1. The van der Waals surface area contributed by atoms with Crippen molar-refractivity contribution in [1.29, 1.82) is 0 Å². The van der Waals surface area contributed by atoms with Crippen LogP contribution < -0.4 is 5.32 Å². The van der Waals surface area contributed by atoms with Crippen molar-refractivity contribution in [1.82, 2.24) is 10.2 Å². The Morgan fingerprint density at radius 3 is 2.57 bits per heavy atom. The Bertz CT molecular complexity index is 120. The van der Waals surface area contributed by atoms with Gasteiger partial charge in [0, 0.05) is 19.7 Å². The summed E-state index contributed by atoms with van der Waals surface area (Å²) in [7, 11) is 3.95. The molecule has 0 aliphatic carbocycles. The zero-order chi connectivity index (χ0) is 10.8. The lowest BCUT2D eigenvalue weighted by Gasteiger charge is -2.27. The molecule has 1 N–H and O–H groups in total. The van der Waals surface area contributed by atoms with Gasteiger partial charge in [-0.05, 0) is 26.6 Å². The van der Waals surface area contributed by atoms with Gasteiger partial charge in [-0.1, -0.05) is 20.3 Å². The molecule has 0 rings (SSSR count). The van der Waals surface area contributed by atoms with E-state index in [-0.39, 0.29) is 0 Å². The summed E-state index contributed by atoms with van der Waals surface area (Å²) in [5, 5.41) is 3.37. The normalized spacial score (nSPS) is 13.5. The maximum Gasteiger partial charge on any atom is 0.0630 e. The zero-order valence-electron chi connectivity index (χ0n) is 10.2. The molecule has 0 saturated carbocycles. The Labute approximate surface area is 88.8 Å². The van der Waals surface area contributed by atoms with Crippen molar-refractivity contribution < 1.29 is 4.74 Å². The monoisotopic (exact) mass is 202 g/mol. The van der Waals surface area contributed by atoms with E-state index in [1.165, 1.54) is 12.8 Å². The molecule has 0 saturated heterocycles. The van der Waals surface area contributed by atoms with Gasteiger partial charge in [-0.25, -0.2) is 0 Å². The average Bonchev–Trinajstić information content (AvgIpc) is 2.20. The minimum atomic E-state index is 0.506. The molecule has 3 nitrogen and oxygen atoms in total. The number of likely N-dealkylation sites (N-methyl/N-ethyl adjacent to an activating group) is 2. The Balaban J connectivity index is 3.77. The second-order valence-electron chi connectivity index (χ2n) is 3.75. The fourth-order valence-electron chi connectivity index (χ4n) is 1.44. The molecule has 0 aromatic rings. The fraction of sp³-hybridized carbons (Fsp3) is 1.00. The first-order valence-corrected chi connectivity index (χ1v) is 5.66. The molecule has 1 unspecified atom stereocenters. The molecule has 0 spiro atoms. The number of ether oxygens (including phenoxy) is 1. The van der Waals surface area contributed by atoms with Gasteiger partial charge < -0.3 is 10.1 Å². The van der Waals surface area contributed by atoms with E-state index in [1.807, 2.05) is 0 Å². The lowest BCUT2D eigenvalue weighted by Crippen LogP contribution is -2.43. The van der Waals surface area contributed by atoms with Gasteiger partial charge >= 0.3 is 0 Å². The first-order valence-electron chi connectivity index (χ1n) is 5.66. The number of rotatable bonds is 9. The molecule has 86 valence electrons. The van der Waals surface area contributed by atoms with Crippen LogP contribution in [0.15, 0.2) is 0 Å². The van der Waals surface area contributed by atoms with Gasteiger partial charge in [-0.15, -0.1) is 0 Å². The number of nitrogens with one attached hydrogen (secondary N) is 1. The molecule has 14 heavy (non-hydrogen) atoms. The maximum absolute atomic E-state index is 5.22. The summed E-state index contributed by atoms with van der Waals surface area (Å²) in [5.74, 6) is 0. The minimum absolute atomic E-state index is 0.506. The highest BCUT2D eigenvalue weighted by atomic mass is 16.5. The summed E-state index contributed by atoms with van der Waals surface area (Å²) in [4.78, 5) is 2.38. The van der Waals surface area contributed by atoms with E-state index in [9.17, 15) is 0 Å². The summed E-state index contributed by atoms with van der Waals surface area (Å²) in [5.41, 5.74) is 0. The van der Waals surface area contributed by atoms with Gasteiger partial charge in [0.05, 0.1) is 6.61 Å². The highest BCUT2D eigenvalue weighted by Gasteiger charge is 2.12. The summed E-state index contributed by atoms with van der Waals surface area (Å²) in [6.07, 6.45) is 2.52. The fourth-order valence-corrected chi connectivity index (χ4v) is 1.44. The van der Waals surface area contributed by atoms with Gasteiger partial charge in [0.1, 0.15) is 0 Å². The molecule has 3 heteroatoms. The molecule has 0 aromatic carbocycles.